The minimum Gasteiger partial charge on any atom is -0.0623 e. The molecule has 7 heavy (non-hydrogen) atoms. The van der Waals surface area contributed by atoms with Gasteiger partial charge in [-0.15, -0.1) is 0 Å². The minimum absolute atomic E-state index is 0. The summed E-state index contributed by atoms with van der Waals surface area (Å²) in [6.07, 6.45) is 0. The molecule has 0 aromatic heterocycles. The van der Waals surface area contributed by atoms with Crippen LogP contribution in [0.4, 0.5) is 0 Å². The van der Waals surface area contributed by atoms with Crippen molar-refractivity contribution in [1.29, 1.82) is 0 Å². The van der Waals surface area contributed by atoms with Crippen LogP contribution >= 0.6 is 0 Å². The molecule has 0 fully saturated rings. The van der Waals surface area contributed by atoms with Crippen LogP contribution < -0.4 is 0 Å². The Bertz CT molecular complexity index is 76.1. The molecule has 0 amide bonds. The normalized spacial score (nSPS) is 6.86. The summed E-state index contributed by atoms with van der Waals surface area (Å²) in [4.78, 5) is 0. The molecule has 1 heteroatoms. The standard InChI is InChI=1S/C6H6.Sb/c1-2-4-6-5-3-1;/h1-6H;. The Kier molecular flexibility index (Phi) is 4.23. The molecule has 3 radical (unpaired) electrons. The fraction of sp³-hybridized carbons (Fsp3) is 0. The third-order valence-corrected chi connectivity index (χ3v) is 0.667. The van der Waals surface area contributed by atoms with Crippen LogP contribution in [0.15, 0.2) is 36.4 Å². The monoisotopic (exact) mass is 199 g/mol. The predicted molar refractivity (Wildman–Crippen MR) is 32.2 cm³/mol. The van der Waals surface area contributed by atoms with Crippen LogP contribution in [-0.4, -0.2) is 24.4 Å². The van der Waals surface area contributed by atoms with E-state index in [1.54, 1.807) is 0 Å². The fourth-order valence-electron chi connectivity index (χ4n) is 0.385. The van der Waals surface area contributed by atoms with Gasteiger partial charge in [0.2, 0.25) is 0 Å². The zero-order chi connectivity index (χ0) is 4.24. The second-order valence-electron chi connectivity index (χ2n) is 1.15. The maximum Gasteiger partial charge on any atom is 0 e. The van der Waals surface area contributed by atoms with Crippen LogP contribution in [0, 0.1) is 0 Å². The van der Waals surface area contributed by atoms with Gasteiger partial charge in [0.25, 0.3) is 0 Å². The molecule has 0 aliphatic carbocycles. The Morgan fingerprint density at radius 1 is 0.429 bits per heavy atom. The van der Waals surface area contributed by atoms with Crippen LogP contribution in [0.2, 0.25) is 0 Å². The van der Waals surface area contributed by atoms with Gasteiger partial charge in [-0.2, -0.15) is 0 Å². The first-order valence-corrected chi connectivity index (χ1v) is 2.00. The van der Waals surface area contributed by atoms with Crippen molar-refractivity contribution in [2.24, 2.45) is 0 Å². The Balaban J connectivity index is 0.000000360. The maximum absolute atomic E-state index is 2.00. The van der Waals surface area contributed by atoms with Crippen LogP contribution in [0.25, 0.3) is 0 Å². The Morgan fingerprint density at radius 2 is 0.571 bits per heavy atom. The van der Waals surface area contributed by atoms with Crippen molar-refractivity contribution in [3.8, 4) is 0 Å². The molecule has 0 saturated carbocycles. The van der Waals surface area contributed by atoms with Crippen molar-refractivity contribution in [2.75, 3.05) is 0 Å². The summed E-state index contributed by atoms with van der Waals surface area (Å²) in [7, 11) is 0. The molecule has 0 nitrogen and oxygen atoms in total. The molecule has 1 aromatic rings. The first-order chi connectivity index (χ1) is 3.00. The van der Waals surface area contributed by atoms with E-state index in [-0.39, 0.29) is 24.4 Å². The summed E-state index contributed by atoms with van der Waals surface area (Å²) in [5.74, 6) is 0. The van der Waals surface area contributed by atoms with Crippen LogP contribution in [0.1, 0.15) is 0 Å². The van der Waals surface area contributed by atoms with Crippen molar-refractivity contribution >= 4 is 24.4 Å². The van der Waals surface area contributed by atoms with Gasteiger partial charge >= 0.3 is 0 Å². The van der Waals surface area contributed by atoms with Crippen molar-refractivity contribution in [2.45, 2.75) is 0 Å². The average molecular weight is 200 g/mol. The van der Waals surface area contributed by atoms with Gasteiger partial charge in [-0.25, -0.2) is 0 Å². The van der Waals surface area contributed by atoms with Crippen molar-refractivity contribution < 1.29 is 0 Å². The number of rotatable bonds is 0. The van der Waals surface area contributed by atoms with Crippen LogP contribution in [0.3, 0.4) is 0 Å². The summed E-state index contributed by atoms with van der Waals surface area (Å²) >= 11 is 0. The molecular weight excluding hydrogens is 194 g/mol. The minimum atomic E-state index is 0. The third kappa shape index (κ3) is 2.70. The predicted octanol–water partition coefficient (Wildman–Crippen LogP) is 1.31. The summed E-state index contributed by atoms with van der Waals surface area (Å²) in [5, 5.41) is 0. The van der Waals surface area contributed by atoms with Gasteiger partial charge in [0.15, 0.2) is 0 Å². The first-order valence-electron chi connectivity index (χ1n) is 2.00. The second-order valence-corrected chi connectivity index (χ2v) is 1.15. The number of hydrogen-bond donors (Lipinski definition) is 0. The largest absolute Gasteiger partial charge is 0.0623 e. The summed E-state index contributed by atoms with van der Waals surface area (Å²) < 4.78 is 0. The molecule has 0 spiro atoms. The van der Waals surface area contributed by atoms with Gasteiger partial charge in [-0.05, 0) is 0 Å². The molecule has 0 saturated heterocycles. The van der Waals surface area contributed by atoms with E-state index in [1.165, 1.54) is 0 Å². The van der Waals surface area contributed by atoms with E-state index in [9.17, 15) is 0 Å². The molecule has 1 aromatic carbocycles. The van der Waals surface area contributed by atoms with E-state index in [0.29, 0.717) is 0 Å². The van der Waals surface area contributed by atoms with E-state index < -0.39 is 0 Å². The SMILES string of the molecule is [Sb].c1ccccc1. The number of hydrogen-bond acceptors (Lipinski definition) is 0. The van der Waals surface area contributed by atoms with Crippen LogP contribution in [0.5, 0.6) is 0 Å². The van der Waals surface area contributed by atoms with Gasteiger partial charge < -0.3 is 0 Å². The summed E-state index contributed by atoms with van der Waals surface area (Å²) in [5.41, 5.74) is 0. The van der Waals surface area contributed by atoms with Gasteiger partial charge in [0, 0.05) is 24.4 Å². The molecule has 0 N–H and O–H groups in total. The quantitative estimate of drug-likeness (QED) is 0.553. The fourth-order valence-corrected chi connectivity index (χ4v) is 0.385. The zero-order valence-corrected chi connectivity index (χ0v) is 6.46. The zero-order valence-electron chi connectivity index (χ0n) is 3.91. The molecule has 0 atom stereocenters. The van der Waals surface area contributed by atoms with Gasteiger partial charge in [-0.1, -0.05) is 36.4 Å². The molecule has 0 aliphatic heterocycles. The van der Waals surface area contributed by atoms with E-state index in [2.05, 4.69) is 0 Å². The second kappa shape index (κ2) is 4.20. The molecule has 1 rings (SSSR count). The summed E-state index contributed by atoms with van der Waals surface area (Å²) in [6, 6.07) is 12.0. The Hall–Kier alpha value is 0.0382. The molecule has 0 heterocycles. The molecule has 0 aliphatic rings. The first kappa shape index (κ1) is 7.04. The van der Waals surface area contributed by atoms with E-state index in [0.717, 1.165) is 0 Å². The topological polar surface area (TPSA) is 0 Å². The van der Waals surface area contributed by atoms with Gasteiger partial charge in [-0.3, -0.25) is 0 Å². The Labute approximate surface area is 61.0 Å². The molecule has 0 unspecified atom stereocenters. The molecular formula is C6H6Sb. The van der Waals surface area contributed by atoms with E-state index in [4.69, 9.17) is 0 Å². The van der Waals surface area contributed by atoms with E-state index in [1.807, 2.05) is 36.4 Å². The average Bonchev–Trinajstić information content (AvgIpc) is 1.72. The van der Waals surface area contributed by atoms with Crippen LogP contribution in [-0.2, 0) is 0 Å². The summed E-state index contributed by atoms with van der Waals surface area (Å²) in [6.45, 7) is 0. The van der Waals surface area contributed by atoms with Gasteiger partial charge in [0.1, 0.15) is 0 Å². The number of benzene rings is 1. The smallest absolute Gasteiger partial charge is 0 e. The maximum atomic E-state index is 2.00. The third-order valence-electron chi connectivity index (χ3n) is 0.667. The van der Waals surface area contributed by atoms with Crippen molar-refractivity contribution in [1.82, 2.24) is 0 Å². The Morgan fingerprint density at radius 3 is 0.714 bits per heavy atom. The molecule has 35 valence electrons. The van der Waals surface area contributed by atoms with Gasteiger partial charge in [0.05, 0.1) is 0 Å². The van der Waals surface area contributed by atoms with Crippen molar-refractivity contribution in [3.05, 3.63) is 36.4 Å². The van der Waals surface area contributed by atoms with E-state index >= 15 is 0 Å². The molecule has 0 bridgehead atoms. The van der Waals surface area contributed by atoms with Crippen molar-refractivity contribution in [3.63, 3.8) is 0 Å².